The van der Waals surface area contributed by atoms with Crippen LogP contribution in [0.3, 0.4) is 0 Å². The minimum Gasteiger partial charge on any atom is -0.497 e. The lowest BCUT2D eigenvalue weighted by molar-refractivity contribution is 0.0707. The summed E-state index contributed by atoms with van der Waals surface area (Å²) in [5.41, 5.74) is 2.41. The van der Waals surface area contributed by atoms with Gasteiger partial charge in [-0.3, -0.25) is 14.3 Å². The number of ether oxygens (including phenoxy) is 1. The maximum atomic E-state index is 13.6. The molecule has 156 valence electrons. The predicted octanol–water partition coefficient (Wildman–Crippen LogP) is 3.97. The second kappa shape index (κ2) is 9.29. The van der Waals surface area contributed by atoms with Crippen molar-refractivity contribution in [3.05, 3.63) is 88.4 Å². The first kappa shape index (κ1) is 21.8. The Morgan fingerprint density at radius 1 is 1.03 bits per heavy atom. The number of hydrogen-bond donors (Lipinski definition) is 2. The van der Waals surface area contributed by atoms with Crippen molar-refractivity contribution in [1.82, 2.24) is 5.48 Å². The summed E-state index contributed by atoms with van der Waals surface area (Å²) in [6.07, 6.45) is 0. The molecule has 0 radical (unpaired) electrons. The Labute approximate surface area is 183 Å². The molecule has 0 saturated carbocycles. The van der Waals surface area contributed by atoms with Crippen LogP contribution in [0.1, 0.15) is 15.9 Å². The average molecular weight is 491 g/mol. The van der Waals surface area contributed by atoms with Crippen molar-refractivity contribution in [2.45, 2.75) is 11.4 Å². The van der Waals surface area contributed by atoms with E-state index >= 15 is 0 Å². The molecule has 9 heteroatoms. The number of benzene rings is 3. The molecule has 0 spiro atoms. The molecule has 0 heterocycles. The van der Waals surface area contributed by atoms with Crippen LogP contribution in [0.4, 0.5) is 5.69 Å². The largest absolute Gasteiger partial charge is 0.497 e. The van der Waals surface area contributed by atoms with Crippen LogP contribution in [0.2, 0.25) is 0 Å². The fourth-order valence-corrected chi connectivity index (χ4v) is 5.11. The summed E-state index contributed by atoms with van der Waals surface area (Å²) < 4.78 is 33.9. The van der Waals surface area contributed by atoms with Crippen LogP contribution in [-0.2, 0) is 16.6 Å². The molecule has 0 bridgehead atoms. The molecule has 0 aromatic heterocycles. The van der Waals surface area contributed by atoms with Gasteiger partial charge < -0.3 is 4.74 Å². The smallest absolute Gasteiger partial charge is 0.276 e. The fourth-order valence-electron chi connectivity index (χ4n) is 2.92. The van der Waals surface area contributed by atoms with Gasteiger partial charge >= 0.3 is 0 Å². The topological polar surface area (TPSA) is 95.9 Å². The van der Waals surface area contributed by atoms with Crippen LogP contribution < -0.4 is 14.5 Å². The Hall–Kier alpha value is -2.88. The van der Waals surface area contributed by atoms with Gasteiger partial charge in [0.25, 0.3) is 15.9 Å². The molecule has 30 heavy (non-hydrogen) atoms. The number of nitrogens with zero attached hydrogens (tertiary/aromatic N) is 1. The van der Waals surface area contributed by atoms with E-state index in [1.165, 1.54) is 25.3 Å². The van der Waals surface area contributed by atoms with Crippen molar-refractivity contribution < 1.29 is 23.2 Å². The third-order valence-corrected chi connectivity index (χ3v) is 6.80. The summed E-state index contributed by atoms with van der Waals surface area (Å²) in [7, 11) is -2.59. The van der Waals surface area contributed by atoms with Gasteiger partial charge in [0.2, 0.25) is 0 Å². The van der Waals surface area contributed by atoms with E-state index in [1.54, 1.807) is 54.0 Å². The highest BCUT2D eigenvalue weighted by atomic mass is 79.9. The number of anilines is 1. The van der Waals surface area contributed by atoms with Crippen molar-refractivity contribution >= 4 is 37.5 Å². The SMILES string of the molecule is COc1ccc(S(=O)(=O)N(Cc2ccccc2)c2c(Br)cccc2C(=O)NO)cc1. The first-order chi connectivity index (χ1) is 14.4. The molecular weight excluding hydrogens is 472 g/mol. The van der Waals surface area contributed by atoms with Crippen LogP contribution in [0.25, 0.3) is 0 Å². The van der Waals surface area contributed by atoms with E-state index in [4.69, 9.17) is 9.94 Å². The number of halogens is 1. The monoisotopic (exact) mass is 490 g/mol. The quantitative estimate of drug-likeness (QED) is 0.385. The number of carbonyl (C=O) groups excluding carboxylic acids is 1. The van der Waals surface area contributed by atoms with Gasteiger partial charge in [-0.15, -0.1) is 0 Å². The highest BCUT2D eigenvalue weighted by Crippen LogP contribution is 2.36. The number of hydrogen-bond acceptors (Lipinski definition) is 5. The Balaban J connectivity index is 2.20. The maximum Gasteiger partial charge on any atom is 0.276 e. The molecule has 0 saturated heterocycles. The number of nitrogens with one attached hydrogen (secondary N) is 1. The van der Waals surface area contributed by atoms with Crippen LogP contribution in [-0.4, -0.2) is 26.6 Å². The molecule has 1 amide bonds. The van der Waals surface area contributed by atoms with E-state index in [0.717, 1.165) is 9.87 Å². The molecule has 3 aromatic rings. The first-order valence-corrected chi connectivity index (χ1v) is 11.1. The number of methoxy groups -OCH3 is 1. The predicted molar refractivity (Wildman–Crippen MR) is 116 cm³/mol. The molecule has 2 N–H and O–H groups in total. The van der Waals surface area contributed by atoms with Crippen molar-refractivity contribution in [2.75, 3.05) is 11.4 Å². The Morgan fingerprint density at radius 3 is 2.30 bits per heavy atom. The summed E-state index contributed by atoms with van der Waals surface area (Å²) in [6, 6.07) is 19.6. The van der Waals surface area contributed by atoms with Gasteiger partial charge in [0.05, 0.1) is 29.8 Å². The number of amides is 1. The zero-order chi connectivity index (χ0) is 21.7. The van der Waals surface area contributed by atoms with Crippen LogP contribution in [0, 0.1) is 0 Å². The minimum atomic E-state index is -4.08. The molecular formula is C21H19BrN2O5S. The molecule has 0 atom stereocenters. The van der Waals surface area contributed by atoms with E-state index in [0.29, 0.717) is 10.2 Å². The van der Waals surface area contributed by atoms with Gasteiger partial charge in [0, 0.05) is 4.47 Å². The lowest BCUT2D eigenvalue weighted by Crippen LogP contribution is -2.33. The number of hydroxylamine groups is 1. The van der Waals surface area contributed by atoms with Crippen molar-refractivity contribution in [2.24, 2.45) is 0 Å². The Bertz CT molecular complexity index is 1140. The zero-order valence-electron chi connectivity index (χ0n) is 15.9. The highest BCUT2D eigenvalue weighted by Gasteiger charge is 2.30. The molecule has 0 aliphatic carbocycles. The van der Waals surface area contributed by atoms with Crippen molar-refractivity contribution in [1.29, 1.82) is 0 Å². The standard InChI is InChI=1S/C21H19BrN2O5S/c1-29-16-10-12-17(13-11-16)30(27,28)24(14-15-6-3-2-4-7-15)20-18(21(25)23-26)8-5-9-19(20)22/h2-13,26H,14H2,1H3,(H,23,25). The third-order valence-electron chi connectivity index (χ3n) is 4.40. The summed E-state index contributed by atoms with van der Waals surface area (Å²) in [4.78, 5) is 12.3. The molecule has 0 unspecified atom stereocenters. The second-order valence-electron chi connectivity index (χ2n) is 6.25. The van der Waals surface area contributed by atoms with Crippen molar-refractivity contribution in [3.63, 3.8) is 0 Å². The highest BCUT2D eigenvalue weighted by molar-refractivity contribution is 9.10. The minimum absolute atomic E-state index is 0.0000993. The van der Waals surface area contributed by atoms with Gasteiger partial charge in [-0.25, -0.2) is 13.9 Å². The normalized spacial score (nSPS) is 11.0. The van der Waals surface area contributed by atoms with Crippen LogP contribution in [0.5, 0.6) is 5.75 Å². The summed E-state index contributed by atoms with van der Waals surface area (Å²) in [5.74, 6) is -0.306. The van der Waals surface area contributed by atoms with Gasteiger partial charge in [0.1, 0.15) is 5.75 Å². The number of para-hydroxylation sites is 1. The van der Waals surface area contributed by atoms with Crippen LogP contribution >= 0.6 is 15.9 Å². The second-order valence-corrected chi connectivity index (χ2v) is 8.97. The van der Waals surface area contributed by atoms with E-state index in [1.807, 2.05) is 6.07 Å². The van der Waals surface area contributed by atoms with E-state index in [2.05, 4.69) is 15.9 Å². The molecule has 3 rings (SSSR count). The third kappa shape index (κ3) is 4.48. The molecule has 7 nitrogen and oxygen atoms in total. The van der Waals surface area contributed by atoms with Gasteiger partial charge in [-0.2, -0.15) is 0 Å². The average Bonchev–Trinajstić information content (AvgIpc) is 2.77. The fraction of sp³-hybridized carbons (Fsp3) is 0.0952. The molecule has 0 aliphatic rings. The molecule has 3 aromatic carbocycles. The van der Waals surface area contributed by atoms with Gasteiger partial charge in [0.15, 0.2) is 0 Å². The molecule has 0 fully saturated rings. The number of sulfonamides is 1. The molecule has 0 aliphatic heterocycles. The summed E-state index contributed by atoms with van der Waals surface area (Å²) in [6.45, 7) is -0.0243. The number of rotatable bonds is 7. The van der Waals surface area contributed by atoms with Gasteiger partial charge in [-0.1, -0.05) is 36.4 Å². The van der Waals surface area contributed by atoms with E-state index in [-0.39, 0.29) is 22.7 Å². The first-order valence-electron chi connectivity index (χ1n) is 8.82. The lowest BCUT2D eigenvalue weighted by atomic mass is 10.1. The maximum absolute atomic E-state index is 13.6. The lowest BCUT2D eigenvalue weighted by Gasteiger charge is -2.27. The Morgan fingerprint density at radius 2 is 1.70 bits per heavy atom. The van der Waals surface area contributed by atoms with E-state index < -0.39 is 15.9 Å². The van der Waals surface area contributed by atoms with Gasteiger partial charge in [-0.05, 0) is 57.9 Å². The Kier molecular flexibility index (Phi) is 6.76. The summed E-state index contributed by atoms with van der Waals surface area (Å²) >= 11 is 3.36. The summed E-state index contributed by atoms with van der Waals surface area (Å²) in [5, 5.41) is 9.16. The zero-order valence-corrected chi connectivity index (χ0v) is 18.4. The van der Waals surface area contributed by atoms with Crippen LogP contribution in [0.15, 0.2) is 82.2 Å². The number of carbonyl (C=O) groups is 1. The van der Waals surface area contributed by atoms with E-state index in [9.17, 15) is 13.2 Å². The van der Waals surface area contributed by atoms with Crippen molar-refractivity contribution in [3.8, 4) is 5.75 Å².